The molecule has 2 rings (SSSR count). The molecule has 1 fully saturated rings. The van der Waals surface area contributed by atoms with Gasteiger partial charge in [-0.05, 0) is 25.3 Å². The fourth-order valence-corrected chi connectivity index (χ4v) is 2.65. The second-order valence-corrected chi connectivity index (χ2v) is 5.23. The summed E-state index contributed by atoms with van der Waals surface area (Å²) in [5.41, 5.74) is 0.790. The van der Waals surface area contributed by atoms with Crippen molar-refractivity contribution in [1.29, 1.82) is 5.26 Å². The van der Waals surface area contributed by atoms with Crippen LogP contribution in [-0.4, -0.2) is 11.6 Å². The Hall–Kier alpha value is -1.33. The normalized spacial score (nSPS) is 19.8. The molecule has 2 heteroatoms. The molecule has 1 unspecified atom stereocenters. The first-order chi connectivity index (χ1) is 8.22. The Balaban J connectivity index is 2.01. The lowest BCUT2D eigenvalue weighted by Crippen LogP contribution is -2.47. The Morgan fingerprint density at radius 1 is 1.29 bits per heavy atom. The topological polar surface area (TPSA) is 35.8 Å². The molecule has 90 valence electrons. The smallest absolute Gasteiger partial charge is 0.108 e. The van der Waals surface area contributed by atoms with Crippen LogP contribution in [0.2, 0.25) is 0 Å². The van der Waals surface area contributed by atoms with Crippen LogP contribution in [0.4, 0.5) is 0 Å². The molecule has 1 aromatic carbocycles. The van der Waals surface area contributed by atoms with Crippen LogP contribution in [0.15, 0.2) is 30.3 Å². The number of hydrogen-bond donors (Lipinski definition) is 1. The van der Waals surface area contributed by atoms with Crippen molar-refractivity contribution in [2.45, 2.75) is 50.6 Å². The van der Waals surface area contributed by atoms with E-state index in [0.717, 1.165) is 6.42 Å². The van der Waals surface area contributed by atoms with Crippen molar-refractivity contribution in [3.63, 3.8) is 0 Å². The first-order valence-electron chi connectivity index (χ1n) is 6.45. The van der Waals surface area contributed by atoms with Crippen LogP contribution < -0.4 is 5.32 Å². The van der Waals surface area contributed by atoms with Crippen molar-refractivity contribution in [1.82, 2.24) is 5.32 Å². The Morgan fingerprint density at radius 2 is 1.94 bits per heavy atom. The molecule has 1 aromatic rings. The number of nitriles is 1. The zero-order valence-electron chi connectivity index (χ0n) is 10.4. The van der Waals surface area contributed by atoms with E-state index < -0.39 is 5.54 Å². The highest BCUT2D eigenvalue weighted by Gasteiger charge is 2.28. The predicted molar refractivity (Wildman–Crippen MR) is 69.6 cm³/mol. The van der Waals surface area contributed by atoms with E-state index in [1.165, 1.54) is 31.2 Å². The highest BCUT2D eigenvalue weighted by molar-refractivity contribution is 5.21. The molecule has 0 bridgehead atoms. The van der Waals surface area contributed by atoms with Crippen molar-refractivity contribution in [3.8, 4) is 6.07 Å². The van der Waals surface area contributed by atoms with Crippen LogP contribution in [0.5, 0.6) is 0 Å². The van der Waals surface area contributed by atoms with Crippen LogP contribution in [0, 0.1) is 11.3 Å². The summed E-state index contributed by atoms with van der Waals surface area (Å²) in [7, 11) is 0. The molecule has 0 spiro atoms. The van der Waals surface area contributed by atoms with Crippen LogP contribution in [0.25, 0.3) is 0 Å². The van der Waals surface area contributed by atoms with Crippen molar-refractivity contribution < 1.29 is 0 Å². The molecule has 17 heavy (non-hydrogen) atoms. The minimum absolute atomic E-state index is 0.434. The molecule has 1 saturated carbocycles. The average molecular weight is 228 g/mol. The Morgan fingerprint density at radius 3 is 2.53 bits per heavy atom. The van der Waals surface area contributed by atoms with E-state index >= 15 is 0 Å². The molecule has 0 aliphatic heterocycles. The second kappa shape index (κ2) is 5.33. The van der Waals surface area contributed by atoms with E-state index in [2.05, 4.69) is 23.5 Å². The van der Waals surface area contributed by atoms with Crippen LogP contribution in [0.1, 0.15) is 38.2 Å². The van der Waals surface area contributed by atoms with Gasteiger partial charge in [-0.15, -0.1) is 0 Å². The Kier molecular flexibility index (Phi) is 3.81. The number of nitrogens with zero attached hydrogens (tertiary/aromatic N) is 1. The number of benzene rings is 1. The van der Waals surface area contributed by atoms with Crippen LogP contribution in [-0.2, 0) is 6.42 Å². The minimum atomic E-state index is -0.434. The van der Waals surface area contributed by atoms with E-state index in [-0.39, 0.29) is 0 Å². The van der Waals surface area contributed by atoms with E-state index in [1.807, 2.05) is 25.1 Å². The van der Waals surface area contributed by atoms with E-state index in [1.54, 1.807) is 0 Å². The van der Waals surface area contributed by atoms with Crippen molar-refractivity contribution >= 4 is 0 Å². The summed E-state index contributed by atoms with van der Waals surface area (Å²) in [6, 6.07) is 13.2. The van der Waals surface area contributed by atoms with Gasteiger partial charge in [0.15, 0.2) is 0 Å². The van der Waals surface area contributed by atoms with E-state index in [4.69, 9.17) is 0 Å². The van der Waals surface area contributed by atoms with Gasteiger partial charge in [0, 0.05) is 12.5 Å². The van der Waals surface area contributed by atoms with Gasteiger partial charge in [0.1, 0.15) is 5.54 Å². The molecule has 0 amide bonds. The molecule has 1 aliphatic carbocycles. The molecule has 0 heterocycles. The van der Waals surface area contributed by atoms with Gasteiger partial charge < -0.3 is 0 Å². The monoisotopic (exact) mass is 228 g/mol. The summed E-state index contributed by atoms with van der Waals surface area (Å²) < 4.78 is 0. The quantitative estimate of drug-likeness (QED) is 0.859. The van der Waals surface area contributed by atoms with Gasteiger partial charge in [0.05, 0.1) is 6.07 Å². The second-order valence-electron chi connectivity index (χ2n) is 5.23. The Labute approximate surface area is 104 Å². The van der Waals surface area contributed by atoms with Gasteiger partial charge in [-0.1, -0.05) is 43.2 Å². The summed E-state index contributed by atoms with van der Waals surface area (Å²) in [6.07, 6.45) is 5.80. The van der Waals surface area contributed by atoms with Gasteiger partial charge >= 0.3 is 0 Å². The van der Waals surface area contributed by atoms with Gasteiger partial charge in [0.25, 0.3) is 0 Å². The SMILES string of the molecule is CC(C#N)(Cc1ccccc1)NC1CCCC1. The van der Waals surface area contributed by atoms with Gasteiger partial charge in [-0.3, -0.25) is 5.32 Å². The molecule has 0 saturated heterocycles. The summed E-state index contributed by atoms with van der Waals surface area (Å²) >= 11 is 0. The standard InChI is InChI=1S/C15H20N2/c1-15(12-16,17-14-9-5-6-10-14)11-13-7-3-2-4-8-13/h2-4,7-8,14,17H,5-6,9-11H2,1H3. The van der Waals surface area contributed by atoms with Crippen LogP contribution >= 0.6 is 0 Å². The molecule has 1 atom stereocenters. The van der Waals surface area contributed by atoms with Gasteiger partial charge in [-0.25, -0.2) is 0 Å². The zero-order chi connectivity index (χ0) is 12.1. The van der Waals surface area contributed by atoms with Crippen molar-refractivity contribution in [2.75, 3.05) is 0 Å². The lowest BCUT2D eigenvalue weighted by Gasteiger charge is -2.27. The fourth-order valence-electron chi connectivity index (χ4n) is 2.65. The fraction of sp³-hybridized carbons (Fsp3) is 0.533. The number of nitrogens with one attached hydrogen (secondary N) is 1. The maximum Gasteiger partial charge on any atom is 0.108 e. The third kappa shape index (κ3) is 3.31. The maximum atomic E-state index is 9.39. The Bertz CT molecular complexity index is 387. The van der Waals surface area contributed by atoms with E-state index in [0.29, 0.717) is 6.04 Å². The highest BCUT2D eigenvalue weighted by atomic mass is 15.0. The lowest BCUT2D eigenvalue weighted by atomic mass is 9.93. The maximum absolute atomic E-state index is 9.39. The molecule has 1 N–H and O–H groups in total. The predicted octanol–water partition coefficient (Wildman–Crippen LogP) is 3.04. The molecular weight excluding hydrogens is 208 g/mol. The van der Waals surface area contributed by atoms with Crippen LogP contribution in [0.3, 0.4) is 0 Å². The first-order valence-corrected chi connectivity index (χ1v) is 6.45. The molecule has 0 radical (unpaired) electrons. The molecule has 2 nitrogen and oxygen atoms in total. The number of hydrogen-bond acceptors (Lipinski definition) is 2. The minimum Gasteiger partial charge on any atom is -0.297 e. The summed E-state index contributed by atoms with van der Waals surface area (Å²) in [6.45, 7) is 2.01. The molecule has 0 aromatic heterocycles. The average Bonchev–Trinajstić information content (AvgIpc) is 2.83. The molecular formula is C15H20N2. The third-order valence-corrected chi connectivity index (χ3v) is 3.53. The first kappa shape index (κ1) is 12.1. The zero-order valence-corrected chi connectivity index (χ0v) is 10.4. The summed E-state index contributed by atoms with van der Waals surface area (Å²) in [5.74, 6) is 0. The largest absolute Gasteiger partial charge is 0.297 e. The highest BCUT2D eigenvalue weighted by Crippen LogP contribution is 2.22. The summed E-state index contributed by atoms with van der Waals surface area (Å²) in [4.78, 5) is 0. The van der Waals surface area contributed by atoms with Gasteiger partial charge in [0.2, 0.25) is 0 Å². The van der Waals surface area contributed by atoms with Crippen molar-refractivity contribution in [3.05, 3.63) is 35.9 Å². The number of rotatable bonds is 4. The van der Waals surface area contributed by atoms with Crippen molar-refractivity contribution in [2.24, 2.45) is 0 Å². The van der Waals surface area contributed by atoms with E-state index in [9.17, 15) is 5.26 Å². The summed E-state index contributed by atoms with van der Waals surface area (Å²) in [5, 5.41) is 12.9. The van der Waals surface area contributed by atoms with Gasteiger partial charge in [-0.2, -0.15) is 5.26 Å². The molecule has 1 aliphatic rings. The third-order valence-electron chi connectivity index (χ3n) is 3.53. The lowest BCUT2D eigenvalue weighted by molar-refractivity contribution is 0.377.